The van der Waals surface area contributed by atoms with Gasteiger partial charge in [0, 0.05) is 6.20 Å². The molecule has 0 saturated carbocycles. The standard InChI is InChI=1S/C7H6N2.C2H6/c1-6-2-3-9-7(4-6)5-8;1-2/h2-4H,1H3;1-2H3. The molecule has 0 aliphatic heterocycles. The molecule has 2 heteroatoms. The van der Waals surface area contributed by atoms with E-state index in [1.165, 1.54) is 0 Å². The number of aryl methyl sites for hydroxylation is 1. The van der Waals surface area contributed by atoms with Gasteiger partial charge in [-0.2, -0.15) is 5.26 Å². The van der Waals surface area contributed by atoms with Crippen molar-refractivity contribution in [3.8, 4) is 6.07 Å². The van der Waals surface area contributed by atoms with Gasteiger partial charge in [-0.15, -0.1) is 0 Å². The summed E-state index contributed by atoms with van der Waals surface area (Å²) in [6, 6.07) is 5.57. The van der Waals surface area contributed by atoms with E-state index in [-0.39, 0.29) is 0 Å². The lowest BCUT2D eigenvalue weighted by Gasteiger charge is -1.87. The molecule has 11 heavy (non-hydrogen) atoms. The molecule has 0 unspecified atom stereocenters. The summed E-state index contributed by atoms with van der Waals surface area (Å²) in [6.07, 6.45) is 1.63. The lowest BCUT2D eigenvalue weighted by atomic mass is 10.2. The third-order valence-electron chi connectivity index (χ3n) is 1.03. The Morgan fingerprint density at radius 1 is 1.45 bits per heavy atom. The SMILES string of the molecule is CC.Cc1ccnc(C#N)c1. The molecule has 0 amide bonds. The Balaban J connectivity index is 0.000000461. The first-order chi connectivity index (χ1) is 5.33. The zero-order valence-corrected chi connectivity index (χ0v) is 7.13. The number of hydrogen-bond acceptors (Lipinski definition) is 2. The summed E-state index contributed by atoms with van der Waals surface area (Å²) in [5.74, 6) is 0. The highest BCUT2D eigenvalue weighted by molar-refractivity contribution is 5.24. The van der Waals surface area contributed by atoms with Crippen LogP contribution in [-0.2, 0) is 0 Å². The minimum absolute atomic E-state index is 0.481. The highest BCUT2D eigenvalue weighted by atomic mass is 14.7. The van der Waals surface area contributed by atoms with Gasteiger partial charge in [-0.3, -0.25) is 0 Å². The maximum absolute atomic E-state index is 8.35. The molecule has 1 heterocycles. The van der Waals surface area contributed by atoms with Crippen molar-refractivity contribution in [3.63, 3.8) is 0 Å². The van der Waals surface area contributed by atoms with Gasteiger partial charge in [0.25, 0.3) is 0 Å². The lowest BCUT2D eigenvalue weighted by molar-refractivity contribution is 1.23. The molecule has 0 fully saturated rings. The van der Waals surface area contributed by atoms with Crippen molar-refractivity contribution < 1.29 is 0 Å². The van der Waals surface area contributed by atoms with E-state index >= 15 is 0 Å². The zero-order chi connectivity index (χ0) is 8.69. The number of nitriles is 1. The van der Waals surface area contributed by atoms with E-state index in [0.717, 1.165) is 5.56 Å². The summed E-state index contributed by atoms with van der Waals surface area (Å²) in [5.41, 5.74) is 1.55. The molecule has 0 N–H and O–H groups in total. The monoisotopic (exact) mass is 148 g/mol. The van der Waals surface area contributed by atoms with Crippen LogP contribution < -0.4 is 0 Å². The highest BCUT2D eigenvalue weighted by Gasteiger charge is 1.87. The van der Waals surface area contributed by atoms with E-state index in [1.54, 1.807) is 12.3 Å². The maximum atomic E-state index is 8.35. The van der Waals surface area contributed by atoms with Crippen LogP contribution in [-0.4, -0.2) is 4.98 Å². The van der Waals surface area contributed by atoms with Crippen molar-refractivity contribution in [2.75, 3.05) is 0 Å². The van der Waals surface area contributed by atoms with Gasteiger partial charge in [-0.25, -0.2) is 4.98 Å². The van der Waals surface area contributed by atoms with Crippen molar-refractivity contribution in [2.24, 2.45) is 0 Å². The molecule has 0 atom stereocenters. The minimum atomic E-state index is 0.481. The van der Waals surface area contributed by atoms with Gasteiger partial charge in [0.05, 0.1) is 0 Å². The zero-order valence-electron chi connectivity index (χ0n) is 7.13. The Morgan fingerprint density at radius 3 is 2.45 bits per heavy atom. The number of nitrogens with zero attached hydrogens (tertiary/aromatic N) is 2. The van der Waals surface area contributed by atoms with E-state index in [1.807, 2.05) is 32.9 Å². The molecule has 1 aromatic rings. The summed E-state index contributed by atoms with van der Waals surface area (Å²) < 4.78 is 0. The molecule has 0 saturated heterocycles. The summed E-state index contributed by atoms with van der Waals surface area (Å²) in [4.78, 5) is 3.80. The van der Waals surface area contributed by atoms with Crippen LogP contribution in [0.5, 0.6) is 0 Å². The van der Waals surface area contributed by atoms with Crippen LogP contribution >= 0.6 is 0 Å². The normalized spacial score (nSPS) is 7.45. The van der Waals surface area contributed by atoms with Gasteiger partial charge in [0.15, 0.2) is 0 Å². The van der Waals surface area contributed by atoms with Crippen molar-refractivity contribution in [3.05, 3.63) is 29.6 Å². The fourth-order valence-corrected chi connectivity index (χ4v) is 0.597. The summed E-state index contributed by atoms with van der Waals surface area (Å²) in [5, 5.41) is 8.35. The molecule has 1 rings (SSSR count). The van der Waals surface area contributed by atoms with Crippen LogP contribution in [0.25, 0.3) is 0 Å². The topological polar surface area (TPSA) is 36.7 Å². The molecule has 0 aromatic carbocycles. The quantitative estimate of drug-likeness (QED) is 0.566. The first-order valence-corrected chi connectivity index (χ1v) is 3.65. The molecule has 0 aliphatic carbocycles. The van der Waals surface area contributed by atoms with Gasteiger partial charge >= 0.3 is 0 Å². The van der Waals surface area contributed by atoms with Crippen molar-refractivity contribution >= 4 is 0 Å². The van der Waals surface area contributed by atoms with Gasteiger partial charge in [0.1, 0.15) is 11.8 Å². The minimum Gasteiger partial charge on any atom is -0.246 e. The second-order valence-corrected chi connectivity index (χ2v) is 1.83. The molecule has 0 bridgehead atoms. The number of hydrogen-bond donors (Lipinski definition) is 0. The predicted octanol–water partition coefficient (Wildman–Crippen LogP) is 2.29. The number of rotatable bonds is 0. The molecule has 0 spiro atoms. The molecule has 58 valence electrons. The van der Waals surface area contributed by atoms with Gasteiger partial charge in [-0.1, -0.05) is 13.8 Å². The average molecular weight is 148 g/mol. The van der Waals surface area contributed by atoms with E-state index in [9.17, 15) is 0 Å². The fraction of sp³-hybridized carbons (Fsp3) is 0.333. The molecule has 1 aromatic heterocycles. The average Bonchev–Trinajstić information content (AvgIpc) is 2.08. The van der Waals surface area contributed by atoms with Crippen LogP contribution in [0.15, 0.2) is 18.3 Å². The first-order valence-electron chi connectivity index (χ1n) is 3.65. The Kier molecular flexibility index (Phi) is 4.76. The van der Waals surface area contributed by atoms with Crippen LogP contribution in [0.3, 0.4) is 0 Å². The Morgan fingerprint density at radius 2 is 2.09 bits per heavy atom. The number of aromatic nitrogens is 1. The second-order valence-electron chi connectivity index (χ2n) is 1.83. The summed E-state index contributed by atoms with van der Waals surface area (Å²) in [7, 11) is 0. The predicted molar refractivity (Wildman–Crippen MR) is 45.0 cm³/mol. The van der Waals surface area contributed by atoms with E-state index < -0.39 is 0 Å². The van der Waals surface area contributed by atoms with Gasteiger partial charge < -0.3 is 0 Å². The smallest absolute Gasteiger partial charge is 0.140 e. The van der Waals surface area contributed by atoms with Crippen molar-refractivity contribution in [1.82, 2.24) is 4.98 Å². The second kappa shape index (κ2) is 5.43. The van der Waals surface area contributed by atoms with Gasteiger partial charge in [-0.05, 0) is 24.6 Å². The Hall–Kier alpha value is -1.36. The van der Waals surface area contributed by atoms with Crippen LogP contribution in [0.4, 0.5) is 0 Å². The molecule has 0 aliphatic rings. The molecule has 2 nitrogen and oxygen atoms in total. The lowest BCUT2D eigenvalue weighted by Crippen LogP contribution is -1.80. The van der Waals surface area contributed by atoms with Crippen molar-refractivity contribution in [2.45, 2.75) is 20.8 Å². The maximum Gasteiger partial charge on any atom is 0.140 e. The summed E-state index contributed by atoms with van der Waals surface area (Å²) >= 11 is 0. The molecule has 0 radical (unpaired) electrons. The van der Waals surface area contributed by atoms with Crippen LogP contribution in [0.2, 0.25) is 0 Å². The Bertz CT molecular complexity index is 248. The van der Waals surface area contributed by atoms with Crippen LogP contribution in [0.1, 0.15) is 25.1 Å². The van der Waals surface area contributed by atoms with E-state index in [4.69, 9.17) is 5.26 Å². The molecular formula is C9H12N2. The third kappa shape index (κ3) is 3.36. The largest absolute Gasteiger partial charge is 0.246 e. The van der Waals surface area contributed by atoms with E-state index in [0.29, 0.717) is 5.69 Å². The highest BCUT2D eigenvalue weighted by Crippen LogP contribution is 1.96. The number of pyridine rings is 1. The summed E-state index contributed by atoms with van der Waals surface area (Å²) in [6.45, 7) is 5.93. The van der Waals surface area contributed by atoms with Crippen LogP contribution in [0, 0.1) is 18.3 Å². The molecular weight excluding hydrogens is 136 g/mol. The van der Waals surface area contributed by atoms with Crippen molar-refractivity contribution in [1.29, 1.82) is 5.26 Å². The van der Waals surface area contributed by atoms with Gasteiger partial charge in [0.2, 0.25) is 0 Å². The fourth-order valence-electron chi connectivity index (χ4n) is 0.597. The Labute approximate surface area is 67.5 Å². The first kappa shape index (κ1) is 9.64. The third-order valence-corrected chi connectivity index (χ3v) is 1.03. The van der Waals surface area contributed by atoms with E-state index in [2.05, 4.69) is 4.98 Å².